The number of rotatable bonds is 3. The second kappa shape index (κ2) is 6.15. The van der Waals surface area contributed by atoms with Crippen LogP contribution in [0.25, 0.3) is 0 Å². The minimum atomic E-state index is -4.61. The van der Waals surface area contributed by atoms with E-state index < -0.39 is 30.8 Å². The van der Waals surface area contributed by atoms with Crippen LogP contribution >= 0.6 is 0 Å². The molecule has 0 saturated carbocycles. The highest BCUT2D eigenvalue weighted by Gasteiger charge is 2.42. The van der Waals surface area contributed by atoms with Gasteiger partial charge in [-0.1, -0.05) is 12.1 Å². The van der Waals surface area contributed by atoms with E-state index in [-0.39, 0.29) is 16.9 Å². The molecule has 1 aromatic heterocycles. The van der Waals surface area contributed by atoms with E-state index in [0.29, 0.717) is 10.6 Å². The molecular weight excluding hydrogens is 341 g/mol. The number of fused-ring (bicyclic) bond motifs is 1. The Bertz CT molecular complexity index is 816. The summed E-state index contributed by atoms with van der Waals surface area (Å²) in [6.45, 7) is -1.48. The summed E-state index contributed by atoms with van der Waals surface area (Å²) in [4.78, 5) is 25.0. The van der Waals surface area contributed by atoms with E-state index in [0.717, 1.165) is 13.4 Å². The Hall–Kier alpha value is -2.97. The third kappa shape index (κ3) is 3.17. The zero-order chi connectivity index (χ0) is 18.2. The smallest absolute Gasteiger partial charge is 0.406 e. The second-order valence-corrected chi connectivity index (χ2v) is 5.34. The highest BCUT2D eigenvalue weighted by Crippen LogP contribution is 2.36. The first kappa shape index (κ1) is 16.9. The molecule has 132 valence electrons. The molecule has 2 heterocycles. The van der Waals surface area contributed by atoms with E-state index in [1.165, 1.54) is 12.1 Å². The van der Waals surface area contributed by atoms with E-state index in [1.54, 1.807) is 18.2 Å². The summed E-state index contributed by atoms with van der Waals surface area (Å²) >= 11 is 0. The molecule has 2 aromatic rings. The molecule has 1 aliphatic rings. The highest BCUT2D eigenvalue weighted by molar-refractivity contribution is 6.02. The zero-order valence-corrected chi connectivity index (χ0v) is 13.0. The number of amides is 1. The van der Waals surface area contributed by atoms with Gasteiger partial charge in [-0.15, -0.1) is 0 Å². The number of anilines is 1. The predicted molar refractivity (Wildman–Crippen MR) is 79.9 cm³/mol. The van der Waals surface area contributed by atoms with Gasteiger partial charge in [0, 0.05) is 11.3 Å². The van der Waals surface area contributed by atoms with Crippen LogP contribution in [0, 0.1) is 0 Å². The molecule has 3 rings (SSSR count). The van der Waals surface area contributed by atoms with E-state index >= 15 is 0 Å². The number of hydrogen-bond donors (Lipinski definition) is 1. The summed E-state index contributed by atoms with van der Waals surface area (Å²) in [5, 5.41) is 2.86. The van der Waals surface area contributed by atoms with Crippen molar-refractivity contribution >= 4 is 17.6 Å². The number of carbonyl (C=O) groups excluding carboxylic acids is 2. The van der Waals surface area contributed by atoms with Gasteiger partial charge in [0.05, 0.1) is 18.9 Å². The van der Waals surface area contributed by atoms with Gasteiger partial charge in [0.2, 0.25) is 5.76 Å². The number of nitrogens with one attached hydrogen (secondary N) is 1. The number of esters is 1. The summed E-state index contributed by atoms with van der Waals surface area (Å²) in [7, 11) is 1.12. The number of ether oxygens (including phenoxy) is 1. The van der Waals surface area contributed by atoms with Gasteiger partial charge in [-0.3, -0.25) is 4.79 Å². The number of hydrogen-bond acceptors (Lipinski definition) is 5. The lowest BCUT2D eigenvalue weighted by atomic mass is 10.0. The summed E-state index contributed by atoms with van der Waals surface area (Å²) < 4.78 is 48.6. The normalized spacial score (nSPS) is 17.0. The molecule has 0 radical (unpaired) electrons. The van der Waals surface area contributed by atoms with E-state index in [4.69, 9.17) is 4.42 Å². The standard InChI is InChI=1S/C16H13F3N2O4/c1-24-15(23)12-10(6-7-25-12)13-20-11-5-3-2-4-9(11)14(22)21(13)8-16(17,18)19/h2-7,13,20H,8H2,1H3/t13-/m0/s1. The molecule has 1 aliphatic heterocycles. The lowest BCUT2D eigenvalue weighted by Crippen LogP contribution is -2.47. The molecule has 0 fully saturated rings. The van der Waals surface area contributed by atoms with Crippen molar-refractivity contribution in [2.45, 2.75) is 12.3 Å². The van der Waals surface area contributed by atoms with E-state index in [2.05, 4.69) is 10.1 Å². The minimum absolute atomic E-state index is 0.0824. The molecule has 6 nitrogen and oxygen atoms in total. The first-order chi connectivity index (χ1) is 11.8. The van der Waals surface area contributed by atoms with Gasteiger partial charge in [-0.05, 0) is 18.2 Å². The van der Waals surface area contributed by atoms with Crippen molar-refractivity contribution in [3.63, 3.8) is 0 Å². The molecule has 1 atom stereocenters. The van der Waals surface area contributed by atoms with Crippen molar-refractivity contribution in [2.24, 2.45) is 0 Å². The Morgan fingerprint density at radius 3 is 2.72 bits per heavy atom. The Morgan fingerprint density at radius 1 is 1.32 bits per heavy atom. The Kier molecular flexibility index (Phi) is 4.15. The van der Waals surface area contributed by atoms with Gasteiger partial charge in [0.25, 0.3) is 5.91 Å². The molecule has 0 spiro atoms. The molecular formula is C16H13F3N2O4. The van der Waals surface area contributed by atoms with Gasteiger partial charge in [0.1, 0.15) is 12.7 Å². The van der Waals surface area contributed by atoms with E-state index in [1.807, 2.05) is 0 Å². The van der Waals surface area contributed by atoms with Crippen LogP contribution in [0.5, 0.6) is 0 Å². The monoisotopic (exact) mass is 354 g/mol. The maximum absolute atomic E-state index is 13.0. The van der Waals surface area contributed by atoms with Gasteiger partial charge < -0.3 is 19.4 Å². The minimum Gasteiger partial charge on any atom is -0.463 e. The van der Waals surface area contributed by atoms with Crippen LogP contribution < -0.4 is 5.32 Å². The van der Waals surface area contributed by atoms with Crippen molar-refractivity contribution < 1.29 is 31.9 Å². The number of benzene rings is 1. The van der Waals surface area contributed by atoms with Gasteiger partial charge in [-0.2, -0.15) is 13.2 Å². The molecule has 1 amide bonds. The molecule has 0 aliphatic carbocycles. The third-order valence-corrected chi connectivity index (χ3v) is 3.73. The van der Waals surface area contributed by atoms with E-state index in [9.17, 15) is 22.8 Å². The van der Waals surface area contributed by atoms with Crippen LogP contribution in [0.1, 0.15) is 32.6 Å². The topological polar surface area (TPSA) is 71.8 Å². The first-order valence-corrected chi connectivity index (χ1v) is 7.21. The molecule has 0 bridgehead atoms. The Labute approximate surface area is 140 Å². The summed E-state index contributed by atoms with van der Waals surface area (Å²) in [5.41, 5.74) is 0.568. The number of para-hydroxylation sites is 1. The quantitative estimate of drug-likeness (QED) is 0.857. The molecule has 9 heteroatoms. The lowest BCUT2D eigenvalue weighted by molar-refractivity contribution is -0.144. The Morgan fingerprint density at radius 2 is 2.04 bits per heavy atom. The summed E-state index contributed by atoms with van der Waals surface area (Å²) in [5.74, 6) is -1.91. The fraction of sp³-hybridized carbons (Fsp3) is 0.250. The molecule has 0 unspecified atom stereocenters. The number of alkyl halides is 3. The molecule has 1 aromatic carbocycles. The van der Waals surface area contributed by atoms with Gasteiger partial charge in [0.15, 0.2) is 0 Å². The van der Waals surface area contributed by atoms with Crippen molar-refractivity contribution in [3.8, 4) is 0 Å². The fourth-order valence-electron chi connectivity index (χ4n) is 2.69. The third-order valence-electron chi connectivity index (χ3n) is 3.73. The van der Waals surface area contributed by atoms with Crippen LogP contribution in [0.2, 0.25) is 0 Å². The van der Waals surface area contributed by atoms with Gasteiger partial charge in [-0.25, -0.2) is 4.79 Å². The Balaban J connectivity index is 2.08. The highest BCUT2D eigenvalue weighted by atomic mass is 19.4. The maximum atomic E-state index is 13.0. The number of halogens is 3. The average Bonchev–Trinajstić information content (AvgIpc) is 3.05. The second-order valence-electron chi connectivity index (χ2n) is 5.34. The van der Waals surface area contributed by atoms with Crippen LogP contribution in [-0.4, -0.2) is 36.6 Å². The van der Waals surface area contributed by atoms with Crippen LogP contribution in [0.4, 0.5) is 18.9 Å². The predicted octanol–water partition coefficient (Wildman–Crippen LogP) is 3.20. The number of carbonyl (C=O) groups is 2. The molecule has 1 N–H and O–H groups in total. The fourth-order valence-corrected chi connectivity index (χ4v) is 2.69. The summed E-state index contributed by atoms with van der Waals surface area (Å²) in [6, 6.07) is 7.53. The molecule has 0 saturated heterocycles. The SMILES string of the molecule is COC(=O)c1occc1[C@H]1Nc2ccccc2C(=O)N1CC(F)(F)F. The number of nitrogens with zero attached hydrogens (tertiary/aromatic N) is 1. The van der Waals surface area contributed by atoms with Crippen LogP contribution in [0.15, 0.2) is 41.0 Å². The van der Waals surface area contributed by atoms with Crippen LogP contribution in [0.3, 0.4) is 0 Å². The summed E-state index contributed by atoms with van der Waals surface area (Å²) in [6.07, 6.45) is -4.69. The van der Waals surface area contributed by atoms with Crippen LogP contribution in [-0.2, 0) is 4.74 Å². The van der Waals surface area contributed by atoms with Crippen molar-refractivity contribution in [2.75, 3.05) is 19.0 Å². The zero-order valence-electron chi connectivity index (χ0n) is 13.0. The number of methoxy groups -OCH3 is 1. The van der Waals surface area contributed by atoms with Crippen molar-refractivity contribution in [3.05, 3.63) is 53.5 Å². The van der Waals surface area contributed by atoms with Crippen molar-refractivity contribution in [1.29, 1.82) is 0 Å². The number of furan rings is 1. The molecule has 25 heavy (non-hydrogen) atoms. The maximum Gasteiger partial charge on any atom is 0.406 e. The van der Waals surface area contributed by atoms with Gasteiger partial charge >= 0.3 is 12.1 Å². The average molecular weight is 354 g/mol. The largest absolute Gasteiger partial charge is 0.463 e. The first-order valence-electron chi connectivity index (χ1n) is 7.21. The van der Waals surface area contributed by atoms with Crippen molar-refractivity contribution in [1.82, 2.24) is 4.90 Å². The lowest BCUT2D eigenvalue weighted by Gasteiger charge is -2.38.